The zero-order valence-corrected chi connectivity index (χ0v) is 5.20. The highest BCUT2D eigenvalue weighted by atomic mass is 16.5. The lowest BCUT2D eigenvalue weighted by Gasteiger charge is -1.95. The van der Waals surface area contributed by atoms with Crippen LogP contribution in [-0.4, -0.2) is 25.2 Å². The molecule has 0 saturated heterocycles. The van der Waals surface area contributed by atoms with Crippen molar-refractivity contribution in [1.29, 1.82) is 5.26 Å². The maximum atomic E-state index is 10.4. The number of carbonyl (C=O) groups is 1. The Bertz CT molecular complexity index is 211. The Balaban J connectivity index is 4.24. The molecule has 5 heteroatoms. The van der Waals surface area contributed by atoms with Gasteiger partial charge in [-0.2, -0.15) is 10.3 Å². The van der Waals surface area contributed by atoms with Crippen LogP contribution in [0.2, 0.25) is 0 Å². The van der Waals surface area contributed by atoms with Gasteiger partial charge in [0.25, 0.3) is 0 Å². The Hall–Kier alpha value is -1.66. The van der Waals surface area contributed by atoms with Crippen molar-refractivity contribution in [2.75, 3.05) is 7.11 Å². The molecule has 0 heterocycles. The van der Waals surface area contributed by atoms with Gasteiger partial charge in [-0.1, -0.05) is 0 Å². The number of hydrogen-bond acceptors (Lipinski definition) is 5. The van der Waals surface area contributed by atoms with E-state index >= 15 is 0 Å². The molecule has 0 aromatic carbocycles. The molecule has 0 rings (SSSR count). The number of carbonyl (C=O) groups excluding carboxylic acids is 2. The molecule has 5 nitrogen and oxygen atoms in total. The average molecular weight is 140 g/mol. The van der Waals surface area contributed by atoms with Crippen molar-refractivity contribution in [1.82, 2.24) is 0 Å². The third-order valence-corrected chi connectivity index (χ3v) is 0.729. The van der Waals surface area contributed by atoms with Crippen LogP contribution in [0.25, 0.3) is 0 Å². The largest absolute Gasteiger partial charge is 0.467 e. The summed E-state index contributed by atoms with van der Waals surface area (Å²) in [6, 6.07) is 0.0773. The van der Waals surface area contributed by atoms with Crippen LogP contribution >= 0.6 is 0 Å². The number of methoxy groups -OCH3 is 1. The predicted octanol–water partition coefficient (Wildman–Crippen LogP) is -0.613. The van der Waals surface area contributed by atoms with E-state index in [1.807, 2.05) is 0 Å². The standard InChI is InChI=1S/C5H4N2O3/c1-10-5(9)4(2-6)7-3-8/h4H,1H3. The number of hydrogen-bond donors (Lipinski definition) is 0. The van der Waals surface area contributed by atoms with Crippen molar-refractivity contribution in [2.45, 2.75) is 6.04 Å². The fourth-order valence-corrected chi connectivity index (χ4v) is 0.299. The summed E-state index contributed by atoms with van der Waals surface area (Å²) < 4.78 is 4.12. The van der Waals surface area contributed by atoms with Gasteiger partial charge < -0.3 is 4.74 Å². The monoisotopic (exact) mass is 140 g/mol. The fraction of sp³-hybridized carbons (Fsp3) is 0.400. The van der Waals surface area contributed by atoms with Crippen LogP contribution in [0.1, 0.15) is 0 Å². The van der Waals surface area contributed by atoms with Gasteiger partial charge in [-0.3, -0.25) is 0 Å². The minimum absolute atomic E-state index is 0.856. The van der Waals surface area contributed by atoms with E-state index in [1.54, 1.807) is 0 Å². The van der Waals surface area contributed by atoms with Crippen LogP contribution in [-0.2, 0) is 14.3 Å². The Morgan fingerprint density at radius 2 is 2.40 bits per heavy atom. The molecule has 0 N–H and O–H groups in total. The van der Waals surface area contributed by atoms with Crippen LogP contribution in [0.4, 0.5) is 0 Å². The van der Waals surface area contributed by atoms with Gasteiger partial charge in [0.1, 0.15) is 6.07 Å². The van der Waals surface area contributed by atoms with Gasteiger partial charge in [-0.15, -0.1) is 0 Å². The molecule has 10 heavy (non-hydrogen) atoms. The molecular formula is C5H4N2O3. The highest BCUT2D eigenvalue weighted by molar-refractivity contribution is 5.79. The topological polar surface area (TPSA) is 79.5 Å². The number of aliphatic imine (C=N–C) groups is 1. The first-order valence-electron chi connectivity index (χ1n) is 2.30. The molecule has 1 unspecified atom stereocenters. The minimum Gasteiger partial charge on any atom is -0.467 e. The summed E-state index contributed by atoms with van der Waals surface area (Å²) in [6.45, 7) is 0. The Labute approximate surface area is 56.9 Å². The summed E-state index contributed by atoms with van der Waals surface area (Å²) in [5.74, 6) is -0.856. The fourth-order valence-electron chi connectivity index (χ4n) is 0.299. The molecule has 1 atom stereocenters. The van der Waals surface area contributed by atoms with Crippen molar-refractivity contribution in [3.05, 3.63) is 0 Å². The van der Waals surface area contributed by atoms with E-state index in [2.05, 4.69) is 9.73 Å². The molecule has 0 aromatic rings. The number of rotatable bonds is 2. The summed E-state index contributed by atoms with van der Waals surface area (Å²) in [5, 5.41) is 8.14. The van der Waals surface area contributed by atoms with Crippen LogP contribution in [0.15, 0.2) is 4.99 Å². The number of esters is 1. The predicted molar refractivity (Wildman–Crippen MR) is 29.5 cm³/mol. The highest BCUT2D eigenvalue weighted by Gasteiger charge is 2.15. The van der Waals surface area contributed by atoms with Crippen LogP contribution in [0.5, 0.6) is 0 Å². The molecule has 0 saturated carbocycles. The Kier molecular flexibility index (Phi) is 3.54. The van der Waals surface area contributed by atoms with Crippen molar-refractivity contribution >= 4 is 12.0 Å². The molecule has 0 amide bonds. The zero-order chi connectivity index (χ0) is 7.98. The lowest BCUT2D eigenvalue weighted by Crippen LogP contribution is -2.17. The smallest absolute Gasteiger partial charge is 0.346 e. The van der Waals surface area contributed by atoms with Crippen molar-refractivity contribution in [2.24, 2.45) is 4.99 Å². The van der Waals surface area contributed by atoms with E-state index in [9.17, 15) is 9.59 Å². The molecular weight excluding hydrogens is 136 g/mol. The maximum Gasteiger partial charge on any atom is 0.346 e. The van der Waals surface area contributed by atoms with E-state index in [1.165, 1.54) is 6.07 Å². The summed E-state index contributed by atoms with van der Waals surface area (Å²) in [4.78, 5) is 22.8. The first-order valence-corrected chi connectivity index (χ1v) is 2.30. The van der Waals surface area contributed by atoms with Gasteiger partial charge in [-0.25, -0.2) is 9.59 Å². The summed E-state index contributed by atoms with van der Waals surface area (Å²) in [6.07, 6.45) is 1.09. The summed E-state index contributed by atoms with van der Waals surface area (Å²) in [5.41, 5.74) is 0. The lowest BCUT2D eigenvalue weighted by atomic mass is 10.3. The Morgan fingerprint density at radius 1 is 1.80 bits per heavy atom. The first-order chi connectivity index (χ1) is 4.76. The lowest BCUT2D eigenvalue weighted by molar-refractivity contribution is -0.140. The van der Waals surface area contributed by atoms with Gasteiger partial charge in [0.15, 0.2) is 0 Å². The van der Waals surface area contributed by atoms with Gasteiger partial charge in [0, 0.05) is 0 Å². The second kappa shape index (κ2) is 4.24. The van der Waals surface area contributed by atoms with Crippen LogP contribution in [0, 0.1) is 11.3 Å². The molecule has 0 spiro atoms. The molecule has 0 aliphatic rings. The van der Waals surface area contributed by atoms with Gasteiger partial charge in [0.2, 0.25) is 12.1 Å². The van der Waals surface area contributed by atoms with E-state index in [0.29, 0.717) is 0 Å². The van der Waals surface area contributed by atoms with Crippen molar-refractivity contribution in [3.8, 4) is 6.07 Å². The van der Waals surface area contributed by atoms with E-state index < -0.39 is 12.0 Å². The second-order valence-corrected chi connectivity index (χ2v) is 1.28. The molecule has 52 valence electrons. The van der Waals surface area contributed by atoms with Gasteiger partial charge >= 0.3 is 5.97 Å². The first kappa shape index (κ1) is 8.34. The number of nitrogens with zero attached hydrogens (tertiary/aromatic N) is 2. The van der Waals surface area contributed by atoms with Crippen LogP contribution in [0.3, 0.4) is 0 Å². The van der Waals surface area contributed by atoms with E-state index in [0.717, 1.165) is 13.2 Å². The third-order valence-electron chi connectivity index (χ3n) is 0.729. The van der Waals surface area contributed by atoms with Gasteiger partial charge in [0.05, 0.1) is 7.11 Å². The third kappa shape index (κ3) is 2.07. The highest BCUT2D eigenvalue weighted by Crippen LogP contribution is 1.89. The summed E-state index contributed by atoms with van der Waals surface area (Å²) in [7, 11) is 1.10. The Morgan fingerprint density at radius 3 is 2.70 bits per heavy atom. The molecule has 0 aromatic heterocycles. The molecule has 0 aliphatic heterocycles. The molecule has 0 fully saturated rings. The van der Waals surface area contributed by atoms with Gasteiger partial charge in [-0.05, 0) is 0 Å². The molecule has 0 radical (unpaired) electrons. The summed E-state index contributed by atoms with van der Waals surface area (Å²) >= 11 is 0. The number of nitriles is 1. The average Bonchev–Trinajstić information content (AvgIpc) is 1.99. The van der Waals surface area contributed by atoms with E-state index in [-0.39, 0.29) is 0 Å². The number of ether oxygens (including phenoxy) is 1. The second-order valence-electron chi connectivity index (χ2n) is 1.28. The van der Waals surface area contributed by atoms with Crippen LogP contribution < -0.4 is 0 Å². The maximum absolute atomic E-state index is 10.4. The molecule has 0 aliphatic carbocycles. The van der Waals surface area contributed by atoms with Crippen molar-refractivity contribution < 1.29 is 14.3 Å². The molecule has 0 bridgehead atoms. The normalized spacial score (nSPS) is 10.4. The SMILES string of the molecule is COC(=O)C(C#N)N=C=O. The zero-order valence-electron chi connectivity index (χ0n) is 5.20. The van der Waals surface area contributed by atoms with E-state index in [4.69, 9.17) is 5.26 Å². The van der Waals surface area contributed by atoms with Crippen molar-refractivity contribution in [3.63, 3.8) is 0 Å². The quantitative estimate of drug-likeness (QED) is 0.291. The number of isocyanates is 1. The minimum atomic E-state index is -1.37.